The van der Waals surface area contributed by atoms with Crippen molar-refractivity contribution >= 4 is 28.9 Å². The normalized spacial score (nSPS) is 11.8. The molecule has 2 aromatic carbocycles. The van der Waals surface area contributed by atoms with Gasteiger partial charge in [0, 0.05) is 16.4 Å². The first-order valence-corrected chi connectivity index (χ1v) is 7.24. The van der Waals surface area contributed by atoms with Gasteiger partial charge in [0.25, 0.3) is 0 Å². The molecule has 2 aromatic rings. The Kier molecular flexibility index (Phi) is 4.86. The number of carbonyl (C=O) groups is 1. The fourth-order valence-corrected chi connectivity index (χ4v) is 2.21. The van der Waals surface area contributed by atoms with Crippen LogP contribution in [-0.4, -0.2) is 11.9 Å². The Morgan fingerprint density at radius 3 is 2.57 bits per heavy atom. The molecule has 0 fully saturated rings. The number of hydrogen-bond acceptors (Lipinski definition) is 2. The van der Waals surface area contributed by atoms with Crippen molar-refractivity contribution in [3.05, 3.63) is 58.6 Å². The van der Waals surface area contributed by atoms with Crippen LogP contribution in [0.25, 0.3) is 0 Å². The number of aryl methyl sites for hydroxylation is 1. The third kappa shape index (κ3) is 3.99. The zero-order valence-corrected chi connectivity index (χ0v) is 13.2. The van der Waals surface area contributed by atoms with Gasteiger partial charge in [-0.25, -0.2) is 0 Å². The summed E-state index contributed by atoms with van der Waals surface area (Å²) in [5.41, 5.74) is 4.02. The molecule has 2 rings (SSSR count). The molecule has 2 N–H and O–H groups in total. The highest BCUT2D eigenvalue weighted by molar-refractivity contribution is 6.30. The summed E-state index contributed by atoms with van der Waals surface area (Å²) >= 11 is 5.91. The fourth-order valence-electron chi connectivity index (χ4n) is 2.02. The lowest BCUT2D eigenvalue weighted by atomic mass is 10.1. The average molecular weight is 303 g/mol. The van der Waals surface area contributed by atoms with Crippen molar-refractivity contribution in [2.24, 2.45) is 0 Å². The van der Waals surface area contributed by atoms with E-state index in [0.29, 0.717) is 10.7 Å². The topological polar surface area (TPSA) is 41.1 Å². The first-order valence-electron chi connectivity index (χ1n) is 6.86. The molecule has 0 bridgehead atoms. The summed E-state index contributed by atoms with van der Waals surface area (Å²) in [7, 11) is 0. The van der Waals surface area contributed by atoms with Gasteiger partial charge in [0.15, 0.2) is 0 Å². The van der Waals surface area contributed by atoms with Gasteiger partial charge in [-0.15, -0.1) is 0 Å². The summed E-state index contributed by atoms with van der Waals surface area (Å²) in [5, 5.41) is 6.69. The number of hydrogen-bond donors (Lipinski definition) is 2. The minimum absolute atomic E-state index is 0.0989. The number of halogens is 1. The number of anilines is 2. The molecular formula is C17H19ClN2O. The molecule has 0 aliphatic heterocycles. The van der Waals surface area contributed by atoms with Crippen LogP contribution in [-0.2, 0) is 4.79 Å². The van der Waals surface area contributed by atoms with Gasteiger partial charge < -0.3 is 10.6 Å². The summed E-state index contributed by atoms with van der Waals surface area (Å²) in [6.45, 7) is 5.93. The van der Waals surface area contributed by atoms with E-state index >= 15 is 0 Å². The first kappa shape index (κ1) is 15.4. The van der Waals surface area contributed by atoms with Gasteiger partial charge in [-0.3, -0.25) is 4.79 Å². The molecule has 0 aliphatic rings. The minimum atomic E-state index is -0.343. The molecule has 3 nitrogen and oxygen atoms in total. The van der Waals surface area contributed by atoms with Crippen molar-refractivity contribution < 1.29 is 4.79 Å². The Hall–Kier alpha value is -2.00. The second-order valence-electron chi connectivity index (χ2n) is 5.11. The molecule has 0 aliphatic carbocycles. The molecule has 0 aromatic heterocycles. The zero-order valence-electron chi connectivity index (χ0n) is 12.4. The van der Waals surface area contributed by atoms with Gasteiger partial charge >= 0.3 is 0 Å². The van der Waals surface area contributed by atoms with Crippen molar-refractivity contribution in [1.29, 1.82) is 0 Å². The highest BCUT2D eigenvalue weighted by Crippen LogP contribution is 2.19. The molecule has 110 valence electrons. The van der Waals surface area contributed by atoms with E-state index in [1.165, 1.54) is 5.56 Å². The van der Waals surface area contributed by atoms with E-state index in [0.717, 1.165) is 11.3 Å². The molecule has 0 saturated carbocycles. The zero-order chi connectivity index (χ0) is 15.4. The lowest BCUT2D eigenvalue weighted by Crippen LogP contribution is -2.32. The summed E-state index contributed by atoms with van der Waals surface area (Å²) in [6, 6.07) is 12.8. The van der Waals surface area contributed by atoms with Gasteiger partial charge in [0.1, 0.15) is 6.04 Å². The number of nitrogens with one attached hydrogen (secondary N) is 2. The molecule has 0 saturated heterocycles. The second-order valence-corrected chi connectivity index (χ2v) is 5.55. The van der Waals surface area contributed by atoms with Gasteiger partial charge in [-0.2, -0.15) is 0 Å². The molecule has 0 radical (unpaired) electrons. The predicted molar refractivity (Wildman–Crippen MR) is 89.1 cm³/mol. The smallest absolute Gasteiger partial charge is 0.246 e. The third-order valence-corrected chi connectivity index (χ3v) is 3.70. The molecule has 1 amide bonds. The summed E-state index contributed by atoms with van der Waals surface area (Å²) in [4.78, 5) is 12.2. The van der Waals surface area contributed by atoms with Crippen molar-refractivity contribution in [2.75, 3.05) is 10.6 Å². The minimum Gasteiger partial charge on any atom is -0.374 e. The summed E-state index contributed by atoms with van der Waals surface area (Å²) in [5.74, 6) is -0.0989. The Labute approximate surface area is 130 Å². The maximum atomic E-state index is 12.2. The quantitative estimate of drug-likeness (QED) is 0.879. The molecule has 0 heterocycles. The first-order chi connectivity index (χ1) is 9.97. The van der Waals surface area contributed by atoms with E-state index < -0.39 is 0 Å². The number of benzene rings is 2. The van der Waals surface area contributed by atoms with Gasteiger partial charge in [0.05, 0.1) is 0 Å². The van der Waals surface area contributed by atoms with E-state index in [1.807, 2.05) is 32.0 Å². The number of rotatable bonds is 4. The lowest BCUT2D eigenvalue weighted by Gasteiger charge is -2.18. The molecular weight excluding hydrogens is 284 g/mol. The summed E-state index contributed by atoms with van der Waals surface area (Å²) < 4.78 is 0. The van der Waals surface area contributed by atoms with Crippen molar-refractivity contribution in [2.45, 2.75) is 26.8 Å². The monoisotopic (exact) mass is 302 g/mol. The Bertz CT molecular complexity index is 655. The van der Waals surface area contributed by atoms with Crippen LogP contribution in [0.5, 0.6) is 0 Å². The summed E-state index contributed by atoms with van der Waals surface area (Å²) in [6.07, 6.45) is 0. The third-order valence-electron chi connectivity index (χ3n) is 3.46. The maximum absolute atomic E-state index is 12.2. The Morgan fingerprint density at radius 2 is 1.86 bits per heavy atom. The molecule has 21 heavy (non-hydrogen) atoms. The molecule has 4 heteroatoms. The standard InChI is InChI=1S/C17H19ClN2O/c1-11-6-4-9-16(12(11)2)19-13(3)17(21)20-15-8-5-7-14(18)10-15/h4-10,13,19H,1-3H3,(H,20,21)/t13-/m1/s1. The second kappa shape index (κ2) is 6.64. The average Bonchev–Trinajstić information content (AvgIpc) is 2.44. The lowest BCUT2D eigenvalue weighted by molar-refractivity contribution is -0.116. The number of amides is 1. The SMILES string of the molecule is Cc1cccc(N[C@H](C)C(=O)Nc2cccc(Cl)c2)c1C. The van der Waals surface area contributed by atoms with E-state index in [9.17, 15) is 4.79 Å². The van der Waals surface area contributed by atoms with Crippen LogP contribution in [0.1, 0.15) is 18.1 Å². The largest absolute Gasteiger partial charge is 0.374 e. The van der Waals surface area contributed by atoms with E-state index in [-0.39, 0.29) is 11.9 Å². The van der Waals surface area contributed by atoms with Gasteiger partial charge in [0.2, 0.25) is 5.91 Å². The molecule has 1 atom stereocenters. The van der Waals surface area contributed by atoms with Crippen molar-refractivity contribution in [3.8, 4) is 0 Å². The van der Waals surface area contributed by atoms with Crippen molar-refractivity contribution in [1.82, 2.24) is 0 Å². The van der Waals surface area contributed by atoms with Crippen LogP contribution in [0.3, 0.4) is 0 Å². The molecule has 0 unspecified atom stereocenters. The van der Waals surface area contributed by atoms with E-state index in [1.54, 1.807) is 18.2 Å². The van der Waals surface area contributed by atoms with Crippen LogP contribution < -0.4 is 10.6 Å². The molecule has 0 spiro atoms. The van der Waals surface area contributed by atoms with Crippen LogP contribution in [0.2, 0.25) is 5.02 Å². The Morgan fingerprint density at radius 1 is 1.14 bits per heavy atom. The fraction of sp³-hybridized carbons (Fsp3) is 0.235. The van der Waals surface area contributed by atoms with Gasteiger partial charge in [-0.05, 0) is 56.2 Å². The predicted octanol–water partition coefficient (Wildman–Crippen LogP) is 4.40. The highest BCUT2D eigenvalue weighted by atomic mass is 35.5. The Balaban J connectivity index is 2.04. The highest BCUT2D eigenvalue weighted by Gasteiger charge is 2.14. The van der Waals surface area contributed by atoms with E-state index in [2.05, 4.69) is 23.6 Å². The van der Waals surface area contributed by atoms with Crippen LogP contribution >= 0.6 is 11.6 Å². The van der Waals surface area contributed by atoms with Crippen LogP contribution in [0.4, 0.5) is 11.4 Å². The van der Waals surface area contributed by atoms with Crippen LogP contribution in [0, 0.1) is 13.8 Å². The number of carbonyl (C=O) groups excluding carboxylic acids is 1. The van der Waals surface area contributed by atoms with Crippen LogP contribution in [0.15, 0.2) is 42.5 Å². The van der Waals surface area contributed by atoms with Gasteiger partial charge in [-0.1, -0.05) is 29.8 Å². The van der Waals surface area contributed by atoms with Crippen molar-refractivity contribution in [3.63, 3.8) is 0 Å². The maximum Gasteiger partial charge on any atom is 0.246 e. The van der Waals surface area contributed by atoms with E-state index in [4.69, 9.17) is 11.6 Å².